The van der Waals surface area contributed by atoms with Gasteiger partial charge in [0.25, 0.3) is 11.5 Å². The molecule has 2 heterocycles. The molecule has 1 aliphatic rings. The molecular formula is C21H26N4O4S. The van der Waals surface area contributed by atoms with E-state index in [4.69, 9.17) is 4.74 Å². The summed E-state index contributed by atoms with van der Waals surface area (Å²) in [6.45, 7) is 6.14. The Balaban J connectivity index is 1.69. The molecule has 1 aliphatic heterocycles. The normalized spacial score (nSPS) is 16.4. The van der Waals surface area contributed by atoms with Crippen molar-refractivity contribution in [3.8, 4) is 5.75 Å². The van der Waals surface area contributed by atoms with Crippen LogP contribution in [0.3, 0.4) is 0 Å². The van der Waals surface area contributed by atoms with Crippen LogP contribution in [-0.2, 0) is 11.3 Å². The standard InChI is InChI=1S/C21H26N4O4S/c1-21(2,3)22-19(27)17-13-30-14-24(17)20(28)16-9-10-18(26)25(23-16)11-12-29-15-7-5-4-6-8-15/h4-10,17H,11-14H2,1-3H3,(H,22,27). The van der Waals surface area contributed by atoms with Gasteiger partial charge >= 0.3 is 0 Å². The number of benzene rings is 1. The number of nitrogens with zero attached hydrogens (tertiary/aromatic N) is 3. The summed E-state index contributed by atoms with van der Waals surface area (Å²) in [6, 6.07) is 11.4. The molecule has 1 unspecified atom stereocenters. The van der Waals surface area contributed by atoms with Crippen molar-refractivity contribution >= 4 is 23.6 Å². The van der Waals surface area contributed by atoms with E-state index in [9.17, 15) is 14.4 Å². The Bertz CT molecular complexity index is 955. The fraction of sp³-hybridized carbons (Fsp3) is 0.429. The Hall–Kier alpha value is -2.81. The Morgan fingerprint density at radius 3 is 2.63 bits per heavy atom. The zero-order valence-electron chi connectivity index (χ0n) is 17.3. The SMILES string of the molecule is CC(C)(C)NC(=O)C1CSCN1C(=O)c1ccc(=O)n(CCOc2ccccc2)n1. The molecule has 8 nitrogen and oxygen atoms in total. The Kier molecular flexibility index (Phi) is 6.81. The fourth-order valence-electron chi connectivity index (χ4n) is 2.95. The summed E-state index contributed by atoms with van der Waals surface area (Å²) in [5.74, 6) is 1.06. The minimum Gasteiger partial charge on any atom is -0.492 e. The third-order valence-electron chi connectivity index (χ3n) is 4.34. The van der Waals surface area contributed by atoms with Gasteiger partial charge < -0.3 is 15.0 Å². The average Bonchev–Trinajstić information content (AvgIpc) is 3.18. The summed E-state index contributed by atoms with van der Waals surface area (Å²) in [4.78, 5) is 39.2. The molecule has 0 bridgehead atoms. The van der Waals surface area contributed by atoms with E-state index in [0.29, 0.717) is 17.4 Å². The highest BCUT2D eigenvalue weighted by molar-refractivity contribution is 7.99. The molecular weight excluding hydrogens is 404 g/mol. The number of carbonyl (C=O) groups is 2. The molecule has 0 aliphatic carbocycles. The number of para-hydroxylation sites is 1. The van der Waals surface area contributed by atoms with Gasteiger partial charge in [0.15, 0.2) is 0 Å². The van der Waals surface area contributed by atoms with Crippen molar-refractivity contribution in [2.75, 3.05) is 18.2 Å². The van der Waals surface area contributed by atoms with E-state index >= 15 is 0 Å². The van der Waals surface area contributed by atoms with E-state index in [0.717, 1.165) is 0 Å². The van der Waals surface area contributed by atoms with Crippen molar-refractivity contribution in [2.45, 2.75) is 38.9 Å². The van der Waals surface area contributed by atoms with E-state index < -0.39 is 6.04 Å². The fourth-order valence-corrected chi connectivity index (χ4v) is 4.10. The topological polar surface area (TPSA) is 93.5 Å². The van der Waals surface area contributed by atoms with Crippen LogP contribution >= 0.6 is 11.8 Å². The van der Waals surface area contributed by atoms with Gasteiger partial charge in [-0.1, -0.05) is 18.2 Å². The minimum atomic E-state index is -0.565. The molecule has 2 aromatic rings. The number of hydrogen-bond acceptors (Lipinski definition) is 6. The Labute approximate surface area is 179 Å². The molecule has 1 saturated heterocycles. The lowest BCUT2D eigenvalue weighted by molar-refractivity contribution is -0.125. The van der Waals surface area contributed by atoms with Crippen LogP contribution in [0.25, 0.3) is 0 Å². The maximum atomic E-state index is 13.0. The van der Waals surface area contributed by atoms with Gasteiger partial charge in [-0.25, -0.2) is 4.68 Å². The Morgan fingerprint density at radius 1 is 1.20 bits per heavy atom. The van der Waals surface area contributed by atoms with Gasteiger partial charge in [-0.2, -0.15) is 5.10 Å². The van der Waals surface area contributed by atoms with Crippen molar-refractivity contribution in [2.24, 2.45) is 0 Å². The number of amides is 2. The number of aromatic nitrogens is 2. The zero-order valence-corrected chi connectivity index (χ0v) is 18.1. The third-order valence-corrected chi connectivity index (χ3v) is 5.36. The molecule has 0 radical (unpaired) electrons. The van der Waals surface area contributed by atoms with Gasteiger partial charge in [0.1, 0.15) is 24.1 Å². The number of carbonyl (C=O) groups excluding carboxylic acids is 2. The first-order chi connectivity index (χ1) is 14.2. The van der Waals surface area contributed by atoms with Crippen LogP contribution in [0, 0.1) is 0 Å². The summed E-state index contributed by atoms with van der Waals surface area (Å²) in [7, 11) is 0. The van der Waals surface area contributed by atoms with Gasteiger partial charge in [-0.15, -0.1) is 11.8 Å². The molecule has 1 fully saturated rings. The predicted molar refractivity (Wildman–Crippen MR) is 116 cm³/mol. The third kappa shape index (κ3) is 5.63. The lowest BCUT2D eigenvalue weighted by atomic mass is 10.1. The van der Waals surface area contributed by atoms with Crippen molar-refractivity contribution in [3.05, 3.63) is 58.5 Å². The van der Waals surface area contributed by atoms with Crippen molar-refractivity contribution < 1.29 is 14.3 Å². The Morgan fingerprint density at radius 2 is 1.93 bits per heavy atom. The molecule has 1 aromatic carbocycles. The molecule has 3 rings (SSSR count). The molecule has 1 atom stereocenters. The molecule has 30 heavy (non-hydrogen) atoms. The van der Waals surface area contributed by atoms with Crippen LogP contribution in [0.15, 0.2) is 47.3 Å². The molecule has 1 aromatic heterocycles. The van der Waals surface area contributed by atoms with Gasteiger partial charge in [0.2, 0.25) is 5.91 Å². The largest absolute Gasteiger partial charge is 0.492 e. The van der Waals surface area contributed by atoms with Gasteiger partial charge in [0.05, 0.1) is 12.4 Å². The lowest BCUT2D eigenvalue weighted by Crippen LogP contribution is -2.52. The second kappa shape index (κ2) is 9.34. The summed E-state index contributed by atoms with van der Waals surface area (Å²) in [5.41, 5.74) is -0.574. The first kappa shape index (κ1) is 21.9. The highest BCUT2D eigenvalue weighted by atomic mass is 32.2. The summed E-state index contributed by atoms with van der Waals surface area (Å²) in [5, 5.41) is 7.13. The van der Waals surface area contributed by atoms with Crippen molar-refractivity contribution in [1.29, 1.82) is 0 Å². The van der Waals surface area contributed by atoms with Crippen LogP contribution in [0.2, 0.25) is 0 Å². The van der Waals surface area contributed by atoms with Crippen LogP contribution < -0.4 is 15.6 Å². The minimum absolute atomic E-state index is 0.130. The molecule has 9 heteroatoms. The number of nitrogens with one attached hydrogen (secondary N) is 1. The number of hydrogen-bond donors (Lipinski definition) is 1. The first-order valence-corrected chi connectivity index (χ1v) is 10.9. The van der Waals surface area contributed by atoms with E-state index in [-0.39, 0.29) is 41.8 Å². The van der Waals surface area contributed by atoms with Crippen molar-refractivity contribution in [3.63, 3.8) is 0 Å². The zero-order chi connectivity index (χ0) is 21.7. The van der Waals surface area contributed by atoms with E-state index in [1.807, 2.05) is 51.1 Å². The molecule has 2 amide bonds. The monoisotopic (exact) mass is 430 g/mol. The number of rotatable bonds is 6. The van der Waals surface area contributed by atoms with Crippen LogP contribution in [0.4, 0.5) is 0 Å². The average molecular weight is 431 g/mol. The first-order valence-electron chi connectivity index (χ1n) is 9.71. The van der Waals surface area contributed by atoms with Crippen molar-refractivity contribution in [1.82, 2.24) is 20.0 Å². The van der Waals surface area contributed by atoms with E-state index in [2.05, 4.69) is 10.4 Å². The predicted octanol–water partition coefficient (Wildman–Crippen LogP) is 1.75. The smallest absolute Gasteiger partial charge is 0.275 e. The van der Waals surface area contributed by atoms with Crippen LogP contribution in [0.1, 0.15) is 31.3 Å². The lowest BCUT2D eigenvalue weighted by Gasteiger charge is -2.27. The van der Waals surface area contributed by atoms with Crippen LogP contribution in [0.5, 0.6) is 5.75 Å². The second-order valence-corrected chi connectivity index (χ2v) is 8.97. The number of ether oxygens (including phenoxy) is 1. The summed E-state index contributed by atoms with van der Waals surface area (Å²) in [6.07, 6.45) is 0. The molecule has 0 spiro atoms. The van der Waals surface area contributed by atoms with Gasteiger partial charge in [-0.05, 0) is 39.0 Å². The maximum Gasteiger partial charge on any atom is 0.275 e. The summed E-state index contributed by atoms with van der Waals surface area (Å²) < 4.78 is 6.82. The molecule has 1 N–H and O–H groups in total. The van der Waals surface area contributed by atoms with E-state index in [1.165, 1.54) is 33.5 Å². The molecule has 0 saturated carbocycles. The summed E-state index contributed by atoms with van der Waals surface area (Å²) >= 11 is 1.51. The van der Waals surface area contributed by atoms with Gasteiger partial charge in [-0.3, -0.25) is 14.4 Å². The second-order valence-electron chi connectivity index (χ2n) is 7.97. The maximum absolute atomic E-state index is 13.0. The molecule has 160 valence electrons. The number of thioether (sulfide) groups is 1. The van der Waals surface area contributed by atoms with Gasteiger partial charge in [0, 0.05) is 17.4 Å². The quantitative estimate of drug-likeness (QED) is 0.751. The van der Waals surface area contributed by atoms with Crippen LogP contribution in [-0.4, -0.2) is 56.3 Å². The van der Waals surface area contributed by atoms with E-state index in [1.54, 1.807) is 0 Å². The highest BCUT2D eigenvalue weighted by Crippen LogP contribution is 2.23. The highest BCUT2D eigenvalue weighted by Gasteiger charge is 2.37.